The smallest absolute Gasteiger partial charge is 0.336 e. The van der Waals surface area contributed by atoms with E-state index in [-0.39, 0.29) is 5.97 Å². The molecule has 0 saturated heterocycles. The van der Waals surface area contributed by atoms with Gasteiger partial charge in [-0.15, -0.1) is 0 Å². The number of rotatable bonds is 3. The lowest BCUT2D eigenvalue weighted by Gasteiger charge is -2.14. The van der Waals surface area contributed by atoms with Gasteiger partial charge in [-0.25, -0.2) is 4.79 Å². The van der Waals surface area contributed by atoms with E-state index in [9.17, 15) is 4.79 Å². The molecule has 0 amide bonds. The van der Waals surface area contributed by atoms with Crippen molar-refractivity contribution in [3.05, 3.63) is 65.8 Å². The van der Waals surface area contributed by atoms with Crippen molar-refractivity contribution in [3.8, 4) is 5.75 Å². The highest BCUT2D eigenvalue weighted by Gasteiger charge is 2.12. The molecule has 18 heavy (non-hydrogen) atoms. The van der Waals surface area contributed by atoms with Crippen LogP contribution in [0.2, 0.25) is 0 Å². The molecule has 1 aliphatic carbocycles. The predicted molar refractivity (Wildman–Crippen MR) is 72.6 cm³/mol. The SMILES string of the molecule is C/C=C/C=C/C(=O)Oc1cccc2c1CC=CC2. The van der Waals surface area contributed by atoms with E-state index >= 15 is 0 Å². The normalized spacial score (nSPS) is 14.1. The summed E-state index contributed by atoms with van der Waals surface area (Å²) in [4.78, 5) is 11.6. The Balaban J connectivity index is 2.13. The molecule has 0 fully saturated rings. The van der Waals surface area contributed by atoms with E-state index in [1.807, 2.05) is 25.1 Å². The van der Waals surface area contributed by atoms with E-state index < -0.39 is 0 Å². The van der Waals surface area contributed by atoms with E-state index in [1.165, 1.54) is 11.6 Å². The highest BCUT2D eigenvalue weighted by molar-refractivity contribution is 5.84. The molecule has 0 heterocycles. The minimum Gasteiger partial charge on any atom is -0.423 e. The number of benzene rings is 1. The minimum atomic E-state index is -0.337. The third kappa shape index (κ3) is 2.98. The van der Waals surface area contributed by atoms with E-state index in [4.69, 9.17) is 4.74 Å². The van der Waals surface area contributed by atoms with Gasteiger partial charge < -0.3 is 4.74 Å². The molecule has 0 bridgehead atoms. The van der Waals surface area contributed by atoms with Gasteiger partial charge in [-0.05, 0) is 31.4 Å². The Morgan fingerprint density at radius 2 is 2.06 bits per heavy atom. The third-order valence-corrected chi connectivity index (χ3v) is 2.80. The van der Waals surface area contributed by atoms with Gasteiger partial charge in [-0.3, -0.25) is 0 Å². The first-order valence-electron chi connectivity index (χ1n) is 6.08. The van der Waals surface area contributed by atoms with Crippen molar-refractivity contribution in [3.63, 3.8) is 0 Å². The molecular weight excluding hydrogens is 224 g/mol. The van der Waals surface area contributed by atoms with Crippen LogP contribution in [-0.2, 0) is 17.6 Å². The van der Waals surface area contributed by atoms with Crippen LogP contribution in [0.15, 0.2) is 54.7 Å². The number of carbonyl (C=O) groups excluding carboxylic acids is 1. The quantitative estimate of drug-likeness (QED) is 0.266. The van der Waals surface area contributed by atoms with E-state index in [2.05, 4.69) is 18.2 Å². The number of hydrogen-bond acceptors (Lipinski definition) is 2. The lowest BCUT2D eigenvalue weighted by Crippen LogP contribution is -2.08. The molecule has 0 spiro atoms. The zero-order chi connectivity index (χ0) is 12.8. The summed E-state index contributed by atoms with van der Waals surface area (Å²) >= 11 is 0. The molecule has 0 saturated carbocycles. The van der Waals surface area contributed by atoms with Crippen molar-refractivity contribution in [2.24, 2.45) is 0 Å². The summed E-state index contributed by atoms with van der Waals surface area (Å²) in [6.07, 6.45) is 12.8. The molecule has 2 rings (SSSR count). The summed E-state index contributed by atoms with van der Waals surface area (Å²) in [5.74, 6) is 0.336. The molecule has 2 nitrogen and oxygen atoms in total. The van der Waals surface area contributed by atoms with Gasteiger partial charge in [0.25, 0.3) is 0 Å². The Bertz CT molecular complexity index is 522. The summed E-state index contributed by atoms with van der Waals surface area (Å²) in [7, 11) is 0. The highest BCUT2D eigenvalue weighted by atomic mass is 16.5. The summed E-state index contributed by atoms with van der Waals surface area (Å²) in [5, 5.41) is 0. The Labute approximate surface area is 107 Å². The van der Waals surface area contributed by atoms with Crippen LogP contribution < -0.4 is 4.74 Å². The largest absolute Gasteiger partial charge is 0.423 e. The molecule has 0 radical (unpaired) electrons. The molecule has 0 atom stereocenters. The Kier molecular flexibility index (Phi) is 4.13. The van der Waals surface area contributed by atoms with Crippen LogP contribution in [0.4, 0.5) is 0 Å². The van der Waals surface area contributed by atoms with Crippen LogP contribution in [-0.4, -0.2) is 5.97 Å². The number of esters is 1. The Morgan fingerprint density at radius 3 is 2.89 bits per heavy atom. The maximum atomic E-state index is 11.6. The Morgan fingerprint density at radius 1 is 1.22 bits per heavy atom. The highest BCUT2D eigenvalue weighted by Crippen LogP contribution is 2.26. The second-order valence-electron chi connectivity index (χ2n) is 4.08. The molecule has 92 valence electrons. The van der Waals surface area contributed by atoms with E-state index in [0.717, 1.165) is 18.4 Å². The molecule has 1 aliphatic rings. The van der Waals surface area contributed by atoms with Gasteiger partial charge in [0.15, 0.2) is 0 Å². The van der Waals surface area contributed by atoms with Gasteiger partial charge in [0, 0.05) is 11.6 Å². The number of allylic oxidation sites excluding steroid dienone is 5. The number of hydrogen-bond donors (Lipinski definition) is 0. The number of fused-ring (bicyclic) bond motifs is 1. The number of carbonyl (C=O) groups is 1. The minimum absolute atomic E-state index is 0.337. The van der Waals surface area contributed by atoms with Crippen LogP contribution in [0.3, 0.4) is 0 Å². The van der Waals surface area contributed by atoms with Gasteiger partial charge in [-0.1, -0.05) is 42.5 Å². The van der Waals surface area contributed by atoms with Gasteiger partial charge in [-0.2, -0.15) is 0 Å². The van der Waals surface area contributed by atoms with Crippen molar-refractivity contribution >= 4 is 5.97 Å². The fraction of sp³-hybridized carbons (Fsp3) is 0.188. The first-order valence-corrected chi connectivity index (χ1v) is 6.08. The molecule has 1 aromatic rings. The molecule has 0 aliphatic heterocycles. The van der Waals surface area contributed by atoms with Crippen molar-refractivity contribution in [2.75, 3.05) is 0 Å². The van der Waals surface area contributed by atoms with Crippen molar-refractivity contribution < 1.29 is 9.53 Å². The first kappa shape index (κ1) is 12.4. The fourth-order valence-corrected chi connectivity index (χ4v) is 1.93. The van der Waals surface area contributed by atoms with Gasteiger partial charge in [0.05, 0.1) is 0 Å². The molecular formula is C16H16O2. The second kappa shape index (κ2) is 6.01. The zero-order valence-corrected chi connectivity index (χ0v) is 10.4. The molecule has 0 N–H and O–H groups in total. The standard InChI is InChI=1S/C16H16O2/c1-2-3-4-12-16(17)18-15-11-7-9-13-8-5-6-10-14(13)15/h2-7,9,11-12H,8,10H2,1H3/b3-2+,12-4+. The zero-order valence-electron chi connectivity index (χ0n) is 10.4. The van der Waals surface area contributed by atoms with E-state index in [1.54, 1.807) is 12.2 Å². The lowest BCUT2D eigenvalue weighted by molar-refractivity contribution is -0.129. The maximum absolute atomic E-state index is 11.6. The average Bonchev–Trinajstić information content (AvgIpc) is 2.39. The van der Waals surface area contributed by atoms with Crippen molar-refractivity contribution in [2.45, 2.75) is 19.8 Å². The van der Waals surface area contributed by atoms with Crippen LogP contribution in [0.5, 0.6) is 5.75 Å². The monoisotopic (exact) mass is 240 g/mol. The average molecular weight is 240 g/mol. The second-order valence-corrected chi connectivity index (χ2v) is 4.08. The molecule has 0 aromatic heterocycles. The predicted octanol–water partition coefficient (Wildman–Crippen LogP) is 3.38. The van der Waals surface area contributed by atoms with Crippen LogP contribution in [0.1, 0.15) is 18.1 Å². The van der Waals surface area contributed by atoms with Gasteiger partial charge in [0.1, 0.15) is 5.75 Å². The third-order valence-electron chi connectivity index (χ3n) is 2.80. The molecule has 2 heteroatoms. The molecule has 0 unspecified atom stereocenters. The topological polar surface area (TPSA) is 26.3 Å². The summed E-state index contributed by atoms with van der Waals surface area (Å²) in [6.45, 7) is 1.90. The van der Waals surface area contributed by atoms with Crippen LogP contribution in [0, 0.1) is 0 Å². The summed E-state index contributed by atoms with van der Waals surface area (Å²) < 4.78 is 5.37. The summed E-state index contributed by atoms with van der Waals surface area (Å²) in [5.41, 5.74) is 2.35. The van der Waals surface area contributed by atoms with Crippen molar-refractivity contribution in [1.29, 1.82) is 0 Å². The van der Waals surface area contributed by atoms with Crippen LogP contribution >= 0.6 is 0 Å². The first-order chi connectivity index (χ1) is 8.81. The van der Waals surface area contributed by atoms with Gasteiger partial charge in [0.2, 0.25) is 0 Å². The molecule has 1 aromatic carbocycles. The Hall–Kier alpha value is -2.09. The summed E-state index contributed by atoms with van der Waals surface area (Å²) in [6, 6.07) is 5.85. The van der Waals surface area contributed by atoms with Gasteiger partial charge >= 0.3 is 5.97 Å². The number of ether oxygens (including phenoxy) is 1. The van der Waals surface area contributed by atoms with Crippen molar-refractivity contribution in [1.82, 2.24) is 0 Å². The van der Waals surface area contributed by atoms with E-state index in [0.29, 0.717) is 5.75 Å². The lowest BCUT2D eigenvalue weighted by atomic mass is 9.96. The fourth-order valence-electron chi connectivity index (χ4n) is 1.93. The maximum Gasteiger partial charge on any atom is 0.336 e. The van der Waals surface area contributed by atoms with Crippen LogP contribution in [0.25, 0.3) is 0 Å².